The molecule has 0 saturated carbocycles. The first kappa shape index (κ1) is 14.2. The van der Waals surface area contributed by atoms with E-state index in [1.165, 1.54) is 12.3 Å². The lowest BCUT2D eigenvalue weighted by molar-refractivity contribution is 0.208. The van der Waals surface area contributed by atoms with Crippen molar-refractivity contribution in [3.05, 3.63) is 48.7 Å². The van der Waals surface area contributed by atoms with E-state index in [2.05, 4.69) is 20.2 Å². The second kappa shape index (κ2) is 6.38. The first-order chi connectivity index (χ1) is 10.7. The van der Waals surface area contributed by atoms with Gasteiger partial charge in [-0.25, -0.2) is 14.2 Å². The van der Waals surface area contributed by atoms with Gasteiger partial charge in [0.1, 0.15) is 5.82 Å². The Bertz CT molecular complexity index is 643. The highest BCUT2D eigenvalue weighted by Gasteiger charge is 2.22. The lowest BCUT2D eigenvalue weighted by atomic mass is 10.3. The van der Waals surface area contributed by atoms with Gasteiger partial charge in [0.05, 0.1) is 11.9 Å². The Hall–Kier alpha value is -2.70. The molecule has 2 aromatic rings. The standard InChI is InChI=1S/C15H16FN5O/c16-12-11-17-6-4-13(12)19-15(22)21-9-7-20(8-10-21)14-3-1-2-5-18-14/h1-6,11H,7-10H2,(H,17,19,22). The van der Waals surface area contributed by atoms with Gasteiger partial charge in [-0.1, -0.05) is 6.07 Å². The summed E-state index contributed by atoms with van der Waals surface area (Å²) in [6.07, 6.45) is 4.27. The Morgan fingerprint density at radius 3 is 2.64 bits per heavy atom. The number of carbonyl (C=O) groups is 1. The highest BCUT2D eigenvalue weighted by molar-refractivity contribution is 5.89. The quantitative estimate of drug-likeness (QED) is 0.921. The number of nitrogens with zero attached hydrogens (tertiary/aromatic N) is 4. The van der Waals surface area contributed by atoms with Crippen molar-refractivity contribution in [3.63, 3.8) is 0 Å². The number of halogens is 1. The van der Waals surface area contributed by atoms with Crippen molar-refractivity contribution >= 4 is 17.5 Å². The average Bonchev–Trinajstić information content (AvgIpc) is 2.58. The second-order valence-electron chi connectivity index (χ2n) is 4.95. The van der Waals surface area contributed by atoms with Crippen LogP contribution in [0.1, 0.15) is 0 Å². The fourth-order valence-electron chi connectivity index (χ4n) is 2.35. The number of hydrogen-bond donors (Lipinski definition) is 1. The molecule has 22 heavy (non-hydrogen) atoms. The topological polar surface area (TPSA) is 61.4 Å². The van der Waals surface area contributed by atoms with Gasteiger partial charge in [-0.3, -0.25) is 4.98 Å². The van der Waals surface area contributed by atoms with Gasteiger partial charge in [0.25, 0.3) is 0 Å². The third-order valence-electron chi connectivity index (χ3n) is 3.55. The van der Waals surface area contributed by atoms with Crippen LogP contribution in [0.25, 0.3) is 0 Å². The molecular formula is C15H16FN5O. The van der Waals surface area contributed by atoms with Gasteiger partial charge in [0.2, 0.25) is 0 Å². The van der Waals surface area contributed by atoms with Crippen LogP contribution in [0.3, 0.4) is 0 Å². The smallest absolute Gasteiger partial charge is 0.322 e. The third-order valence-corrected chi connectivity index (χ3v) is 3.55. The Kier molecular flexibility index (Phi) is 4.13. The van der Waals surface area contributed by atoms with Crippen molar-refractivity contribution < 1.29 is 9.18 Å². The largest absolute Gasteiger partial charge is 0.353 e. The maximum Gasteiger partial charge on any atom is 0.322 e. The summed E-state index contributed by atoms with van der Waals surface area (Å²) in [4.78, 5) is 23.9. The molecule has 3 rings (SSSR count). The molecule has 0 unspecified atom stereocenters. The lowest BCUT2D eigenvalue weighted by Gasteiger charge is -2.35. The van der Waals surface area contributed by atoms with Gasteiger partial charge in [-0.05, 0) is 18.2 Å². The fourth-order valence-corrected chi connectivity index (χ4v) is 2.35. The minimum absolute atomic E-state index is 0.146. The molecule has 3 heterocycles. The van der Waals surface area contributed by atoms with Crippen molar-refractivity contribution in [2.75, 3.05) is 36.4 Å². The lowest BCUT2D eigenvalue weighted by Crippen LogP contribution is -2.50. The van der Waals surface area contributed by atoms with E-state index in [0.29, 0.717) is 26.2 Å². The molecule has 1 N–H and O–H groups in total. The van der Waals surface area contributed by atoms with Crippen LogP contribution >= 0.6 is 0 Å². The van der Waals surface area contributed by atoms with Gasteiger partial charge in [0, 0.05) is 38.6 Å². The predicted molar refractivity (Wildman–Crippen MR) is 81.2 cm³/mol. The Labute approximate surface area is 127 Å². The molecule has 1 aliphatic heterocycles. The van der Waals surface area contributed by atoms with Crippen LogP contribution in [0.15, 0.2) is 42.9 Å². The van der Waals surface area contributed by atoms with Crippen molar-refractivity contribution in [2.24, 2.45) is 0 Å². The Balaban J connectivity index is 1.57. The summed E-state index contributed by atoms with van der Waals surface area (Å²) < 4.78 is 13.5. The molecule has 6 nitrogen and oxygen atoms in total. The molecule has 0 aliphatic carbocycles. The highest BCUT2D eigenvalue weighted by atomic mass is 19.1. The molecule has 0 spiro atoms. The van der Waals surface area contributed by atoms with E-state index in [1.54, 1.807) is 11.1 Å². The zero-order valence-corrected chi connectivity index (χ0v) is 11.9. The number of rotatable bonds is 2. The fraction of sp³-hybridized carbons (Fsp3) is 0.267. The predicted octanol–water partition coefficient (Wildman–Crippen LogP) is 1.97. The van der Waals surface area contributed by atoms with Crippen molar-refractivity contribution in [3.8, 4) is 0 Å². The van der Waals surface area contributed by atoms with Gasteiger partial charge < -0.3 is 15.1 Å². The van der Waals surface area contributed by atoms with E-state index in [9.17, 15) is 9.18 Å². The summed E-state index contributed by atoms with van der Waals surface area (Å²) >= 11 is 0. The van der Waals surface area contributed by atoms with E-state index < -0.39 is 5.82 Å². The van der Waals surface area contributed by atoms with Crippen LogP contribution in [0, 0.1) is 5.82 Å². The van der Waals surface area contributed by atoms with Crippen molar-refractivity contribution in [1.29, 1.82) is 0 Å². The average molecular weight is 301 g/mol. The Morgan fingerprint density at radius 2 is 1.95 bits per heavy atom. The maximum atomic E-state index is 13.5. The first-order valence-electron chi connectivity index (χ1n) is 7.05. The van der Waals surface area contributed by atoms with Crippen LogP contribution < -0.4 is 10.2 Å². The van der Waals surface area contributed by atoms with Crippen LogP contribution in [0.5, 0.6) is 0 Å². The highest BCUT2D eigenvalue weighted by Crippen LogP contribution is 2.15. The van der Waals surface area contributed by atoms with Crippen LogP contribution in [-0.4, -0.2) is 47.1 Å². The molecule has 2 aromatic heterocycles. The number of urea groups is 1. The van der Waals surface area contributed by atoms with E-state index in [4.69, 9.17) is 0 Å². The number of amides is 2. The number of nitrogens with one attached hydrogen (secondary N) is 1. The molecule has 0 radical (unpaired) electrons. The summed E-state index contributed by atoms with van der Waals surface area (Å²) in [7, 11) is 0. The number of aromatic nitrogens is 2. The SMILES string of the molecule is O=C(Nc1ccncc1F)N1CCN(c2ccccn2)CC1. The molecular weight excluding hydrogens is 285 g/mol. The number of carbonyl (C=O) groups excluding carboxylic acids is 1. The van der Waals surface area contributed by atoms with Crippen LogP contribution in [0.4, 0.5) is 20.7 Å². The van der Waals surface area contributed by atoms with Crippen molar-refractivity contribution in [1.82, 2.24) is 14.9 Å². The van der Waals surface area contributed by atoms with Crippen LogP contribution in [0.2, 0.25) is 0 Å². The minimum atomic E-state index is -0.539. The summed E-state index contributed by atoms with van der Waals surface area (Å²) in [6, 6.07) is 6.90. The van der Waals surface area contributed by atoms with E-state index >= 15 is 0 Å². The van der Waals surface area contributed by atoms with Crippen molar-refractivity contribution in [2.45, 2.75) is 0 Å². The Morgan fingerprint density at radius 1 is 1.14 bits per heavy atom. The molecule has 0 bridgehead atoms. The number of anilines is 2. The van der Waals surface area contributed by atoms with E-state index in [1.807, 2.05) is 18.2 Å². The molecule has 0 aromatic carbocycles. The molecule has 1 fully saturated rings. The summed E-state index contributed by atoms with van der Waals surface area (Å²) in [5, 5.41) is 2.57. The van der Waals surface area contributed by atoms with E-state index in [0.717, 1.165) is 12.0 Å². The van der Waals surface area contributed by atoms with Gasteiger partial charge in [0.15, 0.2) is 5.82 Å². The molecule has 7 heteroatoms. The van der Waals surface area contributed by atoms with Crippen LogP contribution in [-0.2, 0) is 0 Å². The number of piperazine rings is 1. The van der Waals surface area contributed by atoms with E-state index in [-0.39, 0.29) is 11.7 Å². The van der Waals surface area contributed by atoms with Gasteiger partial charge in [-0.15, -0.1) is 0 Å². The molecule has 0 atom stereocenters. The first-order valence-corrected chi connectivity index (χ1v) is 7.05. The maximum absolute atomic E-state index is 13.5. The minimum Gasteiger partial charge on any atom is -0.353 e. The third kappa shape index (κ3) is 3.13. The molecule has 2 amide bonds. The number of pyridine rings is 2. The normalized spacial score (nSPS) is 14.8. The second-order valence-corrected chi connectivity index (χ2v) is 4.95. The summed E-state index contributed by atoms with van der Waals surface area (Å²) in [5.41, 5.74) is 0.146. The monoisotopic (exact) mass is 301 g/mol. The molecule has 114 valence electrons. The summed E-state index contributed by atoms with van der Waals surface area (Å²) in [6.45, 7) is 2.52. The summed E-state index contributed by atoms with van der Waals surface area (Å²) in [5.74, 6) is 0.366. The van der Waals surface area contributed by atoms with Gasteiger partial charge >= 0.3 is 6.03 Å². The zero-order valence-electron chi connectivity index (χ0n) is 11.9. The molecule has 1 saturated heterocycles. The molecule has 1 aliphatic rings. The van der Waals surface area contributed by atoms with Gasteiger partial charge in [-0.2, -0.15) is 0 Å². The zero-order chi connectivity index (χ0) is 15.4. The number of hydrogen-bond acceptors (Lipinski definition) is 4.